The van der Waals surface area contributed by atoms with Crippen LogP contribution in [0.5, 0.6) is 0 Å². The Hall–Kier alpha value is -2.65. The highest BCUT2D eigenvalue weighted by molar-refractivity contribution is 5.94. The molecule has 6 nitrogen and oxygen atoms in total. The molecule has 1 amide bonds. The van der Waals surface area contributed by atoms with Crippen LogP contribution < -0.4 is 5.32 Å². The minimum Gasteiger partial charge on any atom is -0.480 e. The van der Waals surface area contributed by atoms with Crippen molar-refractivity contribution in [1.29, 1.82) is 5.26 Å². The molecule has 0 bridgehead atoms. The van der Waals surface area contributed by atoms with Gasteiger partial charge in [0.15, 0.2) is 6.04 Å². The van der Waals surface area contributed by atoms with Gasteiger partial charge in [0.25, 0.3) is 0 Å². The highest BCUT2D eigenvalue weighted by atomic mass is 16.4. The molecule has 1 aromatic carbocycles. The molecule has 0 aliphatic carbocycles. The van der Waals surface area contributed by atoms with Crippen molar-refractivity contribution < 1.29 is 19.8 Å². The summed E-state index contributed by atoms with van der Waals surface area (Å²) in [6.07, 6.45) is 2.59. The van der Waals surface area contributed by atoms with Crippen molar-refractivity contribution in [1.82, 2.24) is 5.32 Å². The van der Waals surface area contributed by atoms with Crippen LogP contribution in [0.15, 0.2) is 30.3 Å². The zero-order chi connectivity index (χ0) is 14.3. The topological polar surface area (TPSA) is 110 Å². The fourth-order valence-corrected chi connectivity index (χ4v) is 1.29. The zero-order valence-corrected chi connectivity index (χ0v) is 9.91. The fraction of sp³-hybridized carbons (Fsp3) is 0.154. The number of carboxylic acids is 1. The Morgan fingerprint density at radius 3 is 2.79 bits per heavy atom. The van der Waals surface area contributed by atoms with Crippen LogP contribution in [-0.2, 0) is 9.59 Å². The van der Waals surface area contributed by atoms with Gasteiger partial charge in [-0.1, -0.05) is 12.1 Å². The van der Waals surface area contributed by atoms with Gasteiger partial charge in [0.2, 0.25) is 5.91 Å². The van der Waals surface area contributed by atoms with Crippen molar-refractivity contribution in [2.24, 2.45) is 0 Å². The first-order valence-corrected chi connectivity index (χ1v) is 5.39. The minimum atomic E-state index is -1.33. The number of aliphatic hydroxyl groups excluding tert-OH is 1. The van der Waals surface area contributed by atoms with E-state index in [1.807, 2.05) is 6.07 Å². The molecule has 0 aliphatic rings. The zero-order valence-electron chi connectivity index (χ0n) is 9.91. The largest absolute Gasteiger partial charge is 0.480 e. The summed E-state index contributed by atoms with van der Waals surface area (Å²) in [7, 11) is 0. The van der Waals surface area contributed by atoms with Crippen molar-refractivity contribution >= 4 is 18.0 Å². The number of aliphatic carboxylic acids is 1. The summed E-state index contributed by atoms with van der Waals surface area (Å²) in [5.41, 5.74) is 1.10. The average molecular weight is 260 g/mol. The maximum atomic E-state index is 11.4. The number of rotatable bonds is 5. The predicted octanol–water partition coefficient (Wildman–Crippen LogP) is 0.133. The molecule has 0 aliphatic heterocycles. The van der Waals surface area contributed by atoms with E-state index in [2.05, 4.69) is 5.32 Å². The summed E-state index contributed by atoms with van der Waals surface area (Å²) in [5.74, 6) is -1.94. The maximum Gasteiger partial charge on any atom is 0.328 e. The highest BCUT2D eigenvalue weighted by Crippen LogP contribution is 2.05. The van der Waals surface area contributed by atoms with Gasteiger partial charge in [-0.05, 0) is 23.8 Å². The molecule has 1 atom stereocenters. The van der Waals surface area contributed by atoms with Crippen molar-refractivity contribution in [3.8, 4) is 6.07 Å². The summed E-state index contributed by atoms with van der Waals surface area (Å²) < 4.78 is 0. The average Bonchev–Trinajstić information content (AvgIpc) is 2.42. The van der Waals surface area contributed by atoms with Crippen molar-refractivity contribution in [2.45, 2.75) is 6.04 Å². The number of hydrogen-bond acceptors (Lipinski definition) is 4. The second-order valence-corrected chi connectivity index (χ2v) is 3.65. The molecular weight excluding hydrogens is 248 g/mol. The summed E-state index contributed by atoms with van der Waals surface area (Å²) >= 11 is 0. The normalized spacial score (nSPS) is 11.8. The van der Waals surface area contributed by atoms with Gasteiger partial charge in [-0.2, -0.15) is 5.26 Å². The van der Waals surface area contributed by atoms with E-state index in [4.69, 9.17) is 15.5 Å². The van der Waals surface area contributed by atoms with E-state index in [-0.39, 0.29) is 0 Å². The second kappa shape index (κ2) is 6.93. The molecule has 0 aromatic heterocycles. The van der Waals surface area contributed by atoms with Crippen LogP contribution in [0.3, 0.4) is 0 Å². The van der Waals surface area contributed by atoms with Crippen LogP contribution in [0.25, 0.3) is 6.08 Å². The lowest BCUT2D eigenvalue weighted by atomic mass is 10.1. The number of nitriles is 1. The standard InChI is InChI=1S/C13H12N2O4/c14-7-10-3-1-2-9(6-10)4-5-12(17)15-11(8-16)13(18)19/h1-6,11,16H,8H2,(H,15,17)(H,18,19)/b5-4+/t11-/m1/s1. The molecule has 0 heterocycles. The van der Waals surface area contributed by atoms with Crippen LogP contribution >= 0.6 is 0 Å². The third-order valence-corrected chi connectivity index (χ3v) is 2.24. The van der Waals surface area contributed by atoms with Crippen LogP contribution in [0, 0.1) is 11.3 Å². The molecule has 0 saturated heterocycles. The Morgan fingerprint density at radius 1 is 1.47 bits per heavy atom. The van der Waals surface area contributed by atoms with Gasteiger partial charge >= 0.3 is 5.97 Å². The molecule has 0 fully saturated rings. The quantitative estimate of drug-likeness (QED) is 0.652. The van der Waals surface area contributed by atoms with E-state index in [9.17, 15) is 9.59 Å². The monoisotopic (exact) mass is 260 g/mol. The van der Waals surface area contributed by atoms with Crippen molar-refractivity contribution in [2.75, 3.05) is 6.61 Å². The summed E-state index contributed by atoms with van der Waals surface area (Å²) in [6.45, 7) is -0.682. The van der Waals surface area contributed by atoms with E-state index in [0.717, 1.165) is 6.08 Å². The number of carbonyl (C=O) groups is 2. The molecule has 3 N–H and O–H groups in total. The molecule has 98 valence electrons. The first-order valence-electron chi connectivity index (χ1n) is 5.39. The minimum absolute atomic E-state index is 0.460. The molecule has 0 saturated carbocycles. The van der Waals surface area contributed by atoms with Gasteiger partial charge in [0, 0.05) is 6.08 Å². The maximum absolute atomic E-state index is 11.4. The van der Waals surface area contributed by atoms with E-state index in [1.54, 1.807) is 24.3 Å². The lowest BCUT2D eigenvalue weighted by Crippen LogP contribution is -2.42. The van der Waals surface area contributed by atoms with E-state index in [0.29, 0.717) is 11.1 Å². The highest BCUT2D eigenvalue weighted by Gasteiger charge is 2.16. The van der Waals surface area contributed by atoms with Crippen molar-refractivity contribution in [3.63, 3.8) is 0 Å². The number of carbonyl (C=O) groups excluding carboxylic acids is 1. The third kappa shape index (κ3) is 4.61. The SMILES string of the molecule is N#Cc1cccc(/C=C/C(=O)N[C@H](CO)C(=O)O)c1. The second-order valence-electron chi connectivity index (χ2n) is 3.65. The Bertz CT molecular complexity index is 546. The Kier molecular flexibility index (Phi) is 5.26. The number of carboxylic acid groups (broad SMARTS) is 1. The first-order chi connectivity index (χ1) is 9.06. The molecule has 19 heavy (non-hydrogen) atoms. The van der Waals surface area contributed by atoms with Crippen LogP contribution in [0.4, 0.5) is 0 Å². The van der Waals surface area contributed by atoms with E-state index in [1.165, 1.54) is 6.08 Å². The molecule has 0 unspecified atom stereocenters. The number of hydrogen-bond donors (Lipinski definition) is 3. The smallest absolute Gasteiger partial charge is 0.328 e. The van der Waals surface area contributed by atoms with E-state index < -0.39 is 24.5 Å². The molecule has 6 heteroatoms. The van der Waals surface area contributed by atoms with Gasteiger partial charge in [0.1, 0.15) is 0 Å². The lowest BCUT2D eigenvalue weighted by molar-refractivity contribution is -0.142. The summed E-state index contributed by atoms with van der Waals surface area (Å²) in [4.78, 5) is 22.0. The molecule has 1 aromatic rings. The van der Waals surface area contributed by atoms with Crippen LogP contribution in [-0.4, -0.2) is 34.7 Å². The number of nitrogens with one attached hydrogen (secondary N) is 1. The molecule has 1 rings (SSSR count). The Balaban J connectivity index is 2.68. The van der Waals surface area contributed by atoms with Gasteiger partial charge in [-0.15, -0.1) is 0 Å². The predicted molar refractivity (Wildman–Crippen MR) is 66.8 cm³/mol. The van der Waals surface area contributed by atoms with E-state index >= 15 is 0 Å². The molecular formula is C13H12N2O4. The van der Waals surface area contributed by atoms with Gasteiger partial charge in [-0.25, -0.2) is 4.79 Å². The third-order valence-electron chi connectivity index (χ3n) is 2.24. The van der Waals surface area contributed by atoms with Crippen LogP contribution in [0.2, 0.25) is 0 Å². The summed E-state index contributed by atoms with van der Waals surface area (Å²) in [6, 6.07) is 7.22. The Morgan fingerprint density at radius 2 is 2.21 bits per heavy atom. The van der Waals surface area contributed by atoms with Gasteiger partial charge in [0.05, 0.1) is 18.2 Å². The van der Waals surface area contributed by atoms with Crippen LogP contribution in [0.1, 0.15) is 11.1 Å². The summed E-state index contributed by atoms with van der Waals surface area (Å²) in [5, 5.41) is 28.2. The molecule has 0 radical (unpaired) electrons. The number of aliphatic hydroxyl groups is 1. The fourth-order valence-electron chi connectivity index (χ4n) is 1.29. The lowest BCUT2D eigenvalue weighted by Gasteiger charge is -2.09. The number of benzene rings is 1. The first kappa shape index (κ1) is 14.4. The van der Waals surface area contributed by atoms with Crippen molar-refractivity contribution in [3.05, 3.63) is 41.5 Å². The number of amides is 1. The van der Waals surface area contributed by atoms with Gasteiger partial charge < -0.3 is 15.5 Å². The molecule has 0 spiro atoms. The van der Waals surface area contributed by atoms with Gasteiger partial charge in [-0.3, -0.25) is 4.79 Å². The number of nitrogens with zero attached hydrogens (tertiary/aromatic N) is 1. The Labute approximate surface area is 109 Å².